The third kappa shape index (κ3) is 3.51. The van der Waals surface area contributed by atoms with Gasteiger partial charge in [-0.25, -0.2) is 0 Å². The van der Waals surface area contributed by atoms with Crippen LogP contribution < -0.4 is 15.9 Å². The van der Waals surface area contributed by atoms with Crippen molar-refractivity contribution in [2.75, 3.05) is 0 Å². The van der Waals surface area contributed by atoms with Crippen LogP contribution >= 0.6 is 18.6 Å². The standard InChI is InChI=1S/C24H20OPS/c25-18-23-16-17-24(27-23)19-26(20-10-4-1-5-11-20,21-12-6-2-7-13-21)22-14-8-3-9-15-22/h1-18H,19H2/q+1. The lowest BCUT2D eigenvalue weighted by Gasteiger charge is -2.27. The van der Waals surface area contributed by atoms with Crippen LogP contribution in [0, 0.1) is 0 Å². The maximum Gasteiger partial charge on any atom is 0.160 e. The smallest absolute Gasteiger partial charge is 0.160 e. The summed E-state index contributed by atoms with van der Waals surface area (Å²) in [6.45, 7) is 0. The van der Waals surface area contributed by atoms with Gasteiger partial charge in [-0.2, -0.15) is 0 Å². The van der Waals surface area contributed by atoms with Crippen LogP contribution in [0.15, 0.2) is 103 Å². The van der Waals surface area contributed by atoms with E-state index in [1.807, 2.05) is 6.07 Å². The van der Waals surface area contributed by atoms with Crippen molar-refractivity contribution in [3.05, 3.63) is 113 Å². The molecule has 0 aliphatic heterocycles. The van der Waals surface area contributed by atoms with Crippen molar-refractivity contribution in [1.82, 2.24) is 0 Å². The molecule has 132 valence electrons. The highest BCUT2D eigenvalue weighted by Gasteiger charge is 2.45. The summed E-state index contributed by atoms with van der Waals surface area (Å²) in [5.74, 6) is 0. The van der Waals surface area contributed by atoms with E-state index in [2.05, 4.69) is 97.1 Å². The molecular weight excluding hydrogens is 367 g/mol. The Kier molecular flexibility index (Phi) is 5.29. The van der Waals surface area contributed by atoms with Crippen LogP contribution in [0.5, 0.6) is 0 Å². The summed E-state index contributed by atoms with van der Waals surface area (Å²) in [7, 11) is -1.88. The Balaban J connectivity index is 1.98. The molecule has 1 nitrogen and oxygen atoms in total. The van der Waals surface area contributed by atoms with Crippen LogP contribution in [0.25, 0.3) is 0 Å². The Labute approximate surface area is 164 Å². The van der Waals surface area contributed by atoms with E-state index in [4.69, 9.17) is 0 Å². The Bertz CT molecular complexity index is 913. The molecule has 3 heteroatoms. The average molecular weight is 387 g/mol. The van der Waals surface area contributed by atoms with E-state index in [1.54, 1.807) is 11.3 Å². The second-order valence-electron chi connectivity index (χ2n) is 6.40. The van der Waals surface area contributed by atoms with Crippen molar-refractivity contribution in [1.29, 1.82) is 0 Å². The zero-order chi connectivity index (χ0) is 18.5. The van der Waals surface area contributed by atoms with Crippen molar-refractivity contribution in [2.24, 2.45) is 0 Å². The number of benzene rings is 3. The van der Waals surface area contributed by atoms with Crippen molar-refractivity contribution >= 4 is 40.8 Å². The van der Waals surface area contributed by atoms with Crippen molar-refractivity contribution < 1.29 is 4.79 Å². The average Bonchev–Trinajstić information content (AvgIpc) is 3.21. The van der Waals surface area contributed by atoms with Crippen molar-refractivity contribution in [3.63, 3.8) is 0 Å². The van der Waals surface area contributed by atoms with E-state index < -0.39 is 7.26 Å². The van der Waals surface area contributed by atoms with Gasteiger partial charge in [-0.05, 0) is 48.5 Å². The highest BCUT2D eigenvalue weighted by molar-refractivity contribution is 7.95. The number of hydrogen-bond donors (Lipinski definition) is 0. The highest BCUT2D eigenvalue weighted by atomic mass is 32.1. The quantitative estimate of drug-likeness (QED) is 0.334. The Hall–Kier alpha value is -2.54. The van der Waals surface area contributed by atoms with Crippen LogP contribution in [0.4, 0.5) is 0 Å². The summed E-state index contributed by atoms with van der Waals surface area (Å²) >= 11 is 1.60. The van der Waals surface area contributed by atoms with Crippen molar-refractivity contribution in [2.45, 2.75) is 6.16 Å². The third-order valence-electron chi connectivity index (χ3n) is 4.78. The second kappa shape index (κ2) is 8.00. The molecule has 0 unspecified atom stereocenters. The molecule has 0 saturated heterocycles. The molecule has 1 aromatic heterocycles. The van der Waals surface area contributed by atoms with Gasteiger partial charge in [0.15, 0.2) is 6.29 Å². The molecule has 0 spiro atoms. The van der Waals surface area contributed by atoms with Gasteiger partial charge in [0.2, 0.25) is 0 Å². The van der Waals surface area contributed by atoms with Crippen LogP contribution in [0.2, 0.25) is 0 Å². The first-order chi connectivity index (χ1) is 13.3. The Morgan fingerprint density at radius 1 is 0.630 bits per heavy atom. The number of rotatable bonds is 6. The lowest BCUT2D eigenvalue weighted by Crippen LogP contribution is -2.32. The van der Waals surface area contributed by atoms with Crippen LogP contribution in [-0.4, -0.2) is 6.29 Å². The first-order valence-electron chi connectivity index (χ1n) is 8.92. The molecule has 0 atom stereocenters. The first kappa shape index (κ1) is 17.9. The van der Waals surface area contributed by atoms with Gasteiger partial charge < -0.3 is 0 Å². The van der Waals surface area contributed by atoms with Crippen LogP contribution in [0.1, 0.15) is 14.5 Å². The number of carbonyl (C=O) groups is 1. The Morgan fingerprint density at radius 2 is 1.07 bits per heavy atom. The van der Waals surface area contributed by atoms with Crippen molar-refractivity contribution in [3.8, 4) is 0 Å². The molecule has 0 aliphatic rings. The third-order valence-corrected chi connectivity index (χ3v) is 10.4. The van der Waals surface area contributed by atoms with Gasteiger partial charge in [-0.15, -0.1) is 11.3 Å². The molecule has 4 aromatic rings. The molecule has 0 aliphatic carbocycles. The van der Waals surface area contributed by atoms with E-state index in [1.165, 1.54) is 20.8 Å². The lowest BCUT2D eigenvalue weighted by molar-refractivity contribution is 0.112. The van der Waals surface area contributed by atoms with Crippen LogP contribution in [-0.2, 0) is 6.16 Å². The fraction of sp³-hybridized carbons (Fsp3) is 0.0417. The van der Waals surface area contributed by atoms with Gasteiger partial charge in [0.1, 0.15) is 29.3 Å². The highest BCUT2D eigenvalue weighted by Crippen LogP contribution is 2.58. The monoisotopic (exact) mass is 387 g/mol. The van der Waals surface area contributed by atoms with E-state index in [0.717, 1.165) is 17.3 Å². The molecular formula is C24H20OPS+. The summed E-state index contributed by atoms with van der Waals surface area (Å²) in [6.07, 6.45) is 1.87. The summed E-state index contributed by atoms with van der Waals surface area (Å²) in [5.41, 5.74) is 0. The molecule has 1 heterocycles. The normalized spacial score (nSPS) is 11.3. The molecule has 0 saturated carbocycles. The number of thiophene rings is 1. The fourth-order valence-corrected chi connectivity index (χ4v) is 9.07. The van der Waals surface area contributed by atoms with Crippen LogP contribution in [0.3, 0.4) is 0 Å². The van der Waals surface area contributed by atoms with Gasteiger partial charge in [0, 0.05) is 4.88 Å². The molecule has 3 aromatic carbocycles. The molecule has 4 rings (SSSR count). The van der Waals surface area contributed by atoms with Gasteiger partial charge in [0.25, 0.3) is 0 Å². The molecule has 0 amide bonds. The second-order valence-corrected chi connectivity index (χ2v) is 11.1. The van der Waals surface area contributed by atoms with E-state index >= 15 is 0 Å². The van der Waals surface area contributed by atoms with Gasteiger partial charge in [-0.1, -0.05) is 54.6 Å². The molecule has 0 radical (unpaired) electrons. The van der Waals surface area contributed by atoms with E-state index in [9.17, 15) is 4.79 Å². The van der Waals surface area contributed by atoms with Gasteiger partial charge in [0.05, 0.1) is 4.88 Å². The minimum absolute atomic E-state index is 0.789. The molecule has 0 bridgehead atoms. The van der Waals surface area contributed by atoms with E-state index in [0.29, 0.717) is 0 Å². The SMILES string of the molecule is O=Cc1ccc(C[P+](c2ccccc2)(c2ccccc2)c2ccccc2)s1. The molecule has 0 fully saturated rings. The predicted octanol–water partition coefficient (Wildman–Crippen LogP) is 5.05. The maximum atomic E-state index is 11.2. The zero-order valence-electron chi connectivity index (χ0n) is 14.9. The van der Waals surface area contributed by atoms with Gasteiger partial charge in [-0.3, -0.25) is 4.79 Å². The summed E-state index contributed by atoms with van der Waals surface area (Å²) < 4.78 is 0. The Morgan fingerprint density at radius 3 is 1.44 bits per heavy atom. The number of aldehydes is 1. The maximum absolute atomic E-state index is 11.2. The van der Waals surface area contributed by atoms with Gasteiger partial charge >= 0.3 is 0 Å². The number of hydrogen-bond acceptors (Lipinski definition) is 2. The minimum atomic E-state index is -1.88. The topological polar surface area (TPSA) is 17.1 Å². The fourth-order valence-electron chi connectivity index (χ4n) is 3.55. The largest absolute Gasteiger partial charge is 0.297 e. The summed E-state index contributed by atoms with van der Waals surface area (Å²) in [5, 5.41) is 4.09. The van der Waals surface area contributed by atoms with E-state index in [-0.39, 0.29) is 0 Å². The predicted molar refractivity (Wildman–Crippen MR) is 119 cm³/mol. The molecule has 0 N–H and O–H groups in total. The summed E-state index contributed by atoms with van der Waals surface area (Å²) in [4.78, 5) is 13.3. The first-order valence-corrected chi connectivity index (χ1v) is 11.7. The molecule has 27 heavy (non-hydrogen) atoms. The summed E-state index contributed by atoms with van der Waals surface area (Å²) in [6, 6.07) is 36.5. The lowest BCUT2D eigenvalue weighted by atomic mass is 10.4. The zero-order valence-corrected chi connectivity index (χ0v) is 16.6. The number of carbonyl (C=O) groups excluding carboxylic acids is 1. The minimum Gasteiger partial charge on any atom is -0.297 e.